The molecule has 0 aromatic heterocycles. The van der Waals surface area contributed by atoms with Gasteiger partial charge < -0.3 is 45.1 Å². The van der Waals surface area contributed by atoms with Crippen LogP contribution in [0.2, 0.25) is 0 Å². The number of hydrogen-bond acceptors (Lipinski definition) is 10. The van der Waals surface area contributed by atoms with Gasteiger partial charge in [0.1, 0.15) is 24.4 Å². The van der Waals surface area contributed by atoms with E-state index in [0.717, 1.165) is 109 Å². The Labute approximate surface area is 506 Å². The Balaban J connectivity index is 2.70. The molecule has 0 aromatic rings. The van der Waals surface area contributed by atoms with E-state index < -0.39 is 67.4 Å². The number of ether oxygens (including phenoxy) is 3. The lowest BCUT2D eigenvalue weighted by Crippen LogP contribution is -2.61. The smallest absolute Gasteiger partial charge is 0.306 e. The molecular weight excluding hydrogens is 1040 g/mol. The molecule has 11 nitrogen and oxygen atoms in total. The summed E-state index contributed by atoms with van der Waals surface area (Å²) in [6, 6.07) is -1.06. The standard InChI is InChI=1S/C72H121NO10/c1-4-7-10-13-16-19-22-25-27-29-31-33-35-37-39-42-45-48-51-54-57-60-67(77)83-70-69(79)68(78)66(61-74)82-72(70)81-62-63(64(75)58-55-52-49-46-43-40-24-21-18-15-12-9-6-3)73-71(80)65(76)59-56-53-50-47-44-41-38-36-34-32-30-28-26-23-20-17-14-11-8-5-2/h8,11,16-17,19-20,25-28,31-34,38,41,47,50,55,58,63-66,68-70,72,74-76,78-79H,4-7,9-10,12-15,18,21-24,29-30,35-37,39-40,42-46,48-49,51-54,56-57,59-62H2,1-3H3,(H,73,80)/b11-8-,19-16-,20-17-,27-25-,28-26-,33-31-,34-32-,41-38-,50-47-,58-55+. The van der Waals surface area contributed by atoms with Crippen molar-refractivity contribution < 1.29 is 49.3 Å². The Hall–Kier alpha value is -3.94. The number of hydrogen-bond donors (Lipinski definition) is 6. The van der Waals surface area contributed by atoms with Crippen LogP contribution in [0.25, 0.3) is 0 Å². The normalized spacial score (nSPS) is 19.3. The fraction of sp³-hybridized carbons (Fsp3) is 0.694. The van der Waals surface area contributed by atoms with E-state index in [2.05, 4.69) is 129 Å². The van der Waals surface area contributed by atoms with Crippen LogP contribution >= 0.6 is 0 Å². The van der Waals surface area contributed by atoms with Crippen molar-refractivity contribution >= 4 is 11.9 Å². The van der Waals surface area contributed by atoms with Crippen molar-refractivity contribution in [2.24, 2.45) is 0 Å². The van der Waals surface area contributed by atoms with Gasteiger partial charge >= 0.3 is 5.97 Å². The lowest BCUT2D eigenvalue weighted by molar-refractivity contribution is -0.305. The monoisotopic (exact) mass is 1160 g/mol. The van der Waals surface area contributed by atoms with Crippen LogP contribution in [0.1, 0.15) is 258 Å². The van der Waals surface area contributed by atoms with Crippen molar-refractivity contribution in [1.82, 2.24) is 5.32 Å². The second-order valence-corrected chi connectivity index (χ2v) is 22.5. The van der Waals surface area contributed by atoms with Gasteiger partial charge in [-0.05, 0) is 116 Å². The SMILES string of the molecule is CC/C=C\C/C=C\C/C=C\C/C=C\C/C=C\C/C=C\CCCC(O)C(=O)NC(COC1OC(CO)C(O)C(O)C1OC(=O)CCCCCCCCCC/C=C\C/C=C\C/C=C\CCCCC)C(O)/C=C/CCCCCCCCCCCCC. The summed E-state index contributed by atoms with van der Waals surface area (Å²) in [6.07, 6.45) is 70.8. The highest BCUT2D eigenvalue weighted by atomic mass is 16.7. The molecule has 1 fully saturated rings. The molecule has 1 heterocycles. The number of aliphatic hydroxyl groups excluding tert-OH is 5. The summed E-state index contributed by atoms with van der Waals surface area (Å²) in [5.41, 5.74) is 0. The van der Waals surface area contributed by atoms with Crippen LogP contribution in [-0.4, -0.2) is 99.6 Å². The second-order valence-electron chi connectivity index (χ2n) is 22.5. The van der Waals surface area contributed by atoms with Crippen molar-refractivity contribution in [2.75, 3.05) is 13.2 Å². The average molecular weight is 1160 g/mol. The van der Waals surface area contributed by atoms with E-state index in [1.807, 2.05) is 12.2 Å². The van der Waals surface area contributed by atoms with E-state index in [9.17, 15) is 35.1 Å². The minimum atomic E-state index is -1.63. The third kappa shape index (κ3) is 46.0. The number of carbonyl (C=O) groups excluding carboxylic acids is 2. The zero-order chi connectivity index (χ0) is 60.3. The number of unbranched alkanes of at least 4 members (excludes halogenated alkanes) is 23. The van der Waals surface area contributed by atoms with Crippen LogP contribution in [0.15, 0.2) is 122 Å². The minimum absolute atomic E-state index is 0.103. The number of nitrogens with one attached hydrogen (secondary N) is 1. The van der Waals surface area contributed by atoms with Crippen LogP contribution in [0, 0.1) is 0 Å². The first-order chi connectivity index (χ1) is 40.7. The Kier molecular flexibility index (Phi) is 54.3. The van der Waals surface area contributed by atoms with Gasteiger partial charge in [-0.3, -0.25) is 9.59 Å². The molecule has 8 atom stereocenters. The van der Waals surface area contributed by atoms with Crippen LogP contribution in [0.5, 0.6) is 0 Å². The minimum Gasteiger partial charge on any atom is -0.454 e. The summed E-state index contributed by atoms with van der Waals surface area (Å²) in [5.74, 6) is -1.25. The van der Waals surface area contributed by atoms with Gasteiger partial charge in [0.25, 0.3) is 0 Å². The number of rotatable bonds is 55. The molecule has 0 spiro atoms. The van der Waals surface area contributed by atoms with Gasteiger partial charge in [-0.1, -0.05) is 258 Å². The Bertz CT molecular complexity index is 1810. The second kappa shape index (κ2) is 58.4. The fourth-order valence-corrected chi connectivity index (χ4v) is 9.61. The molecule has 0 aromatic carbocycles. The molecule has 1 aliphatic heterocycles. The molecule has 83 heavy (non-hydrogen) atoms. The van der Waals surface area contributed by atoms with Crippen molar-refractivity contribution in [1.29, 1.82) is 0 Å². The summed E-state index contributed by atoms with van der Waals surface area (Å²) in [5, 5.41) is 57.1. The maximum absolute atomic E-state index is 13.4. The summed E-state index contributed by atoms with van der Waals surface area (Å²) in [4.78, 5) is 26.6. The highest BCUT2D eigenvalue weighted by Gasteiger charge is 2.47. The topological polar surface area (TPSA) is 175 Å². The first-order valence-electron chi connectivity index (χ1n) is 33.3. The van der Waals surface area contributed by atoms with E-state index in [-0.39, 0.29) is 19.4 Å². The van der Waals surface area contributed by atoms with Crippen molar-refractivity contribution in [3.05, 3.63) is 122 Å². The van der Waals surface area contributed by atoms with Gasteiger partial charge in [-0.2, -0.15) is 0 Å². The number of allylic oxidation sites excluding steroid dienone is 19. The van der Waals surface area contributed by atoms with E-state index in [1.165, 1.54) is 96.3 Å². The zero-order valence-electron chi connectivity index (χ0n) is 52.5. The van der Waals surface area contributed by atoms with Gasteiger partial charge in [0.2, 0.25) is 5.91 Å². The molecule has 0 radical (unpaired) electrons. The van der Waals surface area contributed by atoms with E-state index in [1.54, 1.807) is 6.08 Å². The molecule has 0 aliphatic carbocycles. The van der Waals surface area contributed by atoms with Crippen molar-refractivity contribution in [2.45, 2.75) is 307 Å². The van der Waals surface area contributed by atoms with Crippen LogP contribution < -0.4 is 5.32 Å². The summed E-state index contributed by atoms with van der Waals surface area (Å²) in [7, 11) is 0. The maximum atomic E-state index is 13.4. The molecule has 1 amide bonds. The highest BCUT2D eigenvalue weighted by Crippen LogP contribution is 2.26. The summed E-state index contributed by atoms with van der Waals surface area (Å²) in [6.45, 7) is 5.62. The van der Waals surface area contributed by atoms with Crippen LogP contribution in [0.4, 0.5) is 0 Å². The van der Waals surface area contributed by atoms with Crippen LogP contribution in [0.3, 0.4) is 0 Å². The predicted octanol–water partition coefficient (Wildman–Crippen LogP) is 16.6. The van der Waals surface area contributed by atoms with E-state index >= 15 is 0 Å². The zero-order valence-corrected chi connectivity index (χ0v) is 52.5. The Morgan fingerprint density at radius 2 is 0.867 bits per heavy atom. The van der Waals surface area contributed by atoms with Gasteiger partial charge in [-0.15, -0.1) is 0 Å². The molecule has 0 bridgehead atoms. The van der Waals surface area contributed by atoms with E-state index in [0.29, 0.717) is 19.3 Å². The molecular formula is C72H121NO10. The van der Waals surface area contributed by atoms with Gasteiger partial charge in [0, 0.05) is 6.42 Å². The van der Waals surface area contributed by atoms with E-state index in [4.69, 9.17) is 14.2 Å². The van der Waals surface area contributed by atoms with Gasteiger partial charge in [0.15, 0.2) is 12.4 Å². The largest absolute Gasteiger partial charge is 0.454 e. The van der Waals surface area contributed by atoms with Gasteiger partial charge in [-0.25, -0.2) is 0 Å². The van der Waals surface area contributed by atoms with Gasteiger partial charge in [0.05, 0.1) is 25.4 Å². The quantitative estimate of drug-likeness (QED) is 0.0195. The molecule has 1 aliphatic rings. The third-order valence-corrected chi connectivity index (χ3v) is 14.8. The highest BCUT2D eigenvalue weighted by molar-refractivity contribution is 5.80. The Morgan fingerprint density at radius 3 is 1.33 bits per heavy atom. The predicted molar refractivity (Wildman–Crippen MR) is 347 cm³/mol. The molecule has 474 valence electrons. The van der Waals surface area contributed by atoms with Crippen LogP contribution in [-0.2, 0) is 23.8 Å². The molecule has 11 heteroatoms. The summed E-state index contributed by atoms with van der Waals surface area (Å²) >= 11 is 0. The van der Waals surface area contributed by atoms with Crippen molar-refractivity contribution in [3.63, 3.8) is 0 Å². The van der Waals surface area contributed by atoms with Crippen molar-refractivity contribution in [3.8, 4) is 0 Å². The lowest BCUT2D eigenvalue weighted by atomic mass is 9.99. The number of esters is 1. The maximum Gasteiger partial charge on any atom is 0.306 e. The first-order valence-corrected chi connectivity index (χ1v) is 33.3. The lowest BCUT2D eigenvalue weighted by Gasteiger charge is -2.41. The Morgan fingerprint density at radius 1 is 0.482 bits per heavy atom. The first kappa shape index (κ1) is 77.1. The average Bonchev–Trinajstić information content (AvgIpc) is 3.54. The molecule has 0 saturated carbocycles. The fourth-order valence-electron chi connectivity index (χ4n) is 9.61. The molecule has 8 unspecified atom stereocenters. The molecule has 6 N–H and O–H groups in total. The molecule has 1 rings (SSSR count). The summed E-state index contributed by atoms with van der Waals surface area (Å²) < 4.78 is 17.6. The number of aliphatic hydroxyl groups is 5. The molecule has 1 saturated heterocycles. The number of carbonyl (C=O) groups is 2. The third-order valence-electron chi connectivity index (χ3n) is 14.8. The number of amides is 1.